The normalized spacial score (nSPS) is 12.8. The molecule has 0 spiro atoms. The van der Waals surface area contributed by atoms with Gasteiger partial charge in [0.05, 0.1) is 19.9 Å². The zero-order valence-electron chi connectivity index (χ0n) is 15.3. The van der Waals surface area contributed by atoms with E-state index in [1.54, 1.807) is 26.6 Å². The van der Waals surface area contributed by atoms with Crippen molar-refractivity contribution in [2.24, 2.45) is 10.1 Å². The van der Waals surface area contributed by atoms with Gasteiger partial charge in [-0.25, -0.2) is 4.99 Å². The first-order valence-corrected chi connectivity index (χ1v) is 9.34. The van der Waals surface area contributed by atoms with Crippen molar-refractivity contribution in [2.75, 3.05) is 14.2 Å². The molecule has 0 atom stereocenters. The quantitative estimate of drug-likeness (QED) is 0.661. The standard InChI is InChI=1S/C21H17BrN4O2/c1-27-18-6-3-14(11-19(18)28-2)20-16-12-15(22)4-5-17(16)24-21(26-25-20)13-7-9-23-10-8-13/h3-12H,1-2H3,(H,24,26). The average molecular weight is 437 g/mol. The number of nitrogens with zero attached hydrogens (tertiary/aromatic N) is 3. The smallest absolute Gasteiger partial charge is 0.161 e. The molecule has 1 N–H and O–H groups in total. The number of aliphatic imine (C=N–C) groups is 1. The topological polar surface area (TPSA) is 68.1 Å². The number of ether oxygens (including phenoxy) is 2. The van der Waals surface area contributed by atoms with Crippen LogP contribution in [0.3, 0.4) is 0 Å². The maximum Gasteiger partial charge on any atom is 0.161 e. The maximum atomic E-state index is 5.46. The van der Waals surface area contributed by atoms with Crippen LogP contribution in [0.15, 0.2) is 75.5 Å². The third kappa shape index (κ3) is 3.48. The lowest BCUT2D eigenvalue weighted by Crippen LogP contribution is -2.19. The molecule has 3 aromatic rings. The number of benzene rings is 2. The predicted molar refractivity (Wildman–Crippen MR) is 113 cm³/mol. The lowest BCUT2D eigenvalue weighted by atomic mass is 10.0. The van der Waals surface area contributed by atoms with Crippen molar-refractivity contribution in [3.05, 3.63) is 82.1 Å². The third-order valence-corrected chi connectivity index (χ3v) is 4.82. The Morgan fingerprint density at radius 3 is 2.39 bits per heavy atom. The second-order valence-corrected chi connectivity index (χ2v) is 6.92. The number of halogens is 1. The summed E-state index contributed by atoms with van der Waals surface area (Å²) in [5.41, 5.74) is 7.36. The first-order chi connectivity index (χ1) is 13.7. The molecule has 1 aliphatic rings. The van der Waals surface area contributed by atoms with E-state index in [-0.39, 0.29) is 0 Å². The van der Waals surface area contributed by atoms with Crippen molar-refractivity contribution < 1.29 is 9.47 Å². The van der Waals surface area contributed by atoms with Gasteiger partial charge in [-0.1, -0.05) is 15.9 Å². The molecule has 0 radical (unpaired) electrons. The van der Waals surface area contributed by atoms with Gasteiger partial charge in [0.2, 0.25) is 0 Å². The van der Waals surface area contributed by atoms with Crippen LogP contribution in [0.1, 0.15) is 16.7 Å². The van der Waals surface area contributed by atoms with Crippen LogP contribution in [-0.2, 0) is 0 Å². The second-order valence-electron chi connectivity index (χ2n) is 6.00. The van der Waals surface area contributed by atoms with Crippen molar-refractivity contribution in [1.29, 1.82) is 0 Å². The molecular formula is C21H17BrN4O2. The fraction of sp³-hybridized carbons (Fsp3) is 0.0952. The van der Waals surface area contributed by atoms with E-state index in [0.29, 0.717) is 17.3 Å². The van der Waals surface area contributed by atoms with Crippen molar-refractivity contribution in [2.45, 2.75) is 0 Å². The molecule has 0 amide bonds. The average Bonchev–Trinajstić information content (AvgIpc) is 2.93. The largest absolute Gasteiger partial charge is 0.493 e. The zero-order chi connectivity index (χ0) is 19.5. The fourth-order valence-corrected chi connectivity index (χ4v) is 3.31. The molecule has 7 heteroatoms. The van der Waals surface area contributed by atoms with Crippen LogP contribution in [0.4, 0.5) is 5.69 Å². The Hall–Kier alpha value is -3.19. The Balaban J connectivity index is 1.86. The van der Waals surface area contributed by atoms with Crippen LogP contribution in [0.25, 0.3) is 0 Å². The first kappa shape index (κ1) is 18.2. The molecule has 4 rings (SSSR count). The summed E-state index contributed by atoms with van der Waals surface area (Å²) >= 11 is 3.55. The van der Waals surface area contributed by atoms with Gasteiger partial charge < -0.3 is 9.47 Å². The Kier molecular flexibility index (Phi) is 5.08. The SMILES string of the molecule is COc1ccc(C2=NNC(c3ccncc3)=Nc3ccc(Br)cc32)cc1OC. The zero-order valence-corrected chi connectivity index (χ0v) is 16.9. The van der Waals surface area contributed by atoms with E-state index in [4.69, 9.17) is 14.5 Å². The van der Waals surface area contributed by atoms with Crippen molar-refractivity contribution in [1.82, 2.24) is 10.4 Å². The van der Waals surface area contributed by atoms with Crippen molar-refractivity contribution in [3.8, 4) is 11.5 Å². The molecule has 6 nitrogen and oxygen atoms in total. The summed E-state index contributed by atoms with van der Waals surface area (Å²) < 4.78 is 11.8. The summed E-state index contributed by atoms with van der Waals surface area (Å²) in [4.78, 5) is 8.86. The Morgan fingerprint density at radius 2 is 1.64 bits per heavy atom. The minimum absolute atomic E-state index is 0.638. The number of hydrazone groups is 1. The molecule has 2 aromatic carbocycles. The van der Waals surface area contributed by atoms with Crippen LogP contribution in [0, 0.1) is 0 Å². The molecule has 1 aromatic heterocycles. The highest BCUT2D eigenvalue weighted by atomic mass is 79.9. The molecule has 0 fully saturated rings. The number of rotatable bonds is 4. The number of hydrogen-bond donors (Lipinski definition) is 1. The maximum absolute atomic E-state index is 5.46. The summed E-state index contributed by atoms with van der Waals surface area (Å²) in [5, 5.41) is 4.66. The highest BCUT2D eigenvalue weighted by Crippen LogP contribution is 2.32. The molecule has 0 saturated heterocycles. The molecular weight excluding hydrogens is 420 g/mol. The van der Waals surface area contributed by atoms with Gasteiger partial charge in [-0.3, -0.25) is 10.4 Å². The number of aromatic nitrogens is 1. The number of fused-ring (bicyclic) bond motifs is 1. The molecule has 140 valence electrons. The molecule has 28 heavy (non-hydrogen) atoms. The predicted octanol–water partition coefficient (Wildman–Crippen LogP) is 4.30. The molecule has 0 saturated carbocycles. The molecule has 0 bridgehead atoms. The van der Waals surface area contributed by atoms with Gasteiger partial charge in [-0.15, -0.1) is 0 Å². The second kappa shape index (κ2) is 7.82. The van der Waals surface area contributed by atoms with E-state index < -0.39 is 0 Å². The van der Waals surface area contributed by atoms with Gasteiger partial charge in [0.1, 0.15) is 5.71 Å². The van der Waals surface area contributed by atoms with Gasteiger partial charge >= 0.3 is 0 Å². The number of amidine groups is 1. The Labute approximate surface area is 171 Å². The van der Waals surface area contributed by atoms with Crippen LogP contribution in [0.5, 0.6) is 11.5 Å². The van der Waals surface area contributed by atoms with Crippen molar-refractivity contribution >= 4 is 33.2 Å². The van der Waals surface area contributed by atoms with E-state index in [1.807, 2.05) is 48.5 Å². The third-order valence-electron chi connectivity index (χ3n) is 4.33. The van der Waals surface area contributed by atoms with E-state index in [9.17, 15) is 0 Å². The summed E-state index contributed by atoms with van der Waals surface area (Å²) in [6.45, 7) is 0. The van der Waals surface area contributed by atoms with Gasteiger partial charge in [0.15, 0.2) is 17.3 Å². The highest BCUT2D eigenvalue weighted by Gasteiger charge is 2.19. The molecule has 0 unspecified atom stereocenters. The first-order valence-electron chi connectivity index (χ1n) is 8.54. The van der Waals surface area contributed by atoms with E-state index in [2.05, 4.69) is 31.4 Å². The summed E-state index contributed by atoms with van der Waals surface area (Å²) in [6.07, 6.45) is 3.46. The van der Waals surface area contributed by atoms with E-state index in [1.165, 1.54) is 0 Å². The van der Waals surface area contributed by atoms with Gasteiger partial charge in [0, 0.05) is 33.6 Å². The lowest BCUT2D eigenvalue weighted by molar-refractivity contribution is 0.355. The fourth-order valence-electron chi connectivity index (χ4n) is 2.95. The molecule has 1 aliphatic heterocycles. The van der Waals surface area contributed by atoms with Crippen LogP contribution in [0.2, 0.25) is 0 Å². The van der Waals surface area contributed by atoms with Crippen LogP contribution >= 0.6 is 15.9 Å². The van der Waals surface area contributed by atoms with Gasteiger partial charge in [0.25, 0.3) is 0 Å². The summed E-state index contributed by atoms with van der Waals surface area (Å²) in [7, 11) is 3.23. The van der Waals surface area contributed by atoms with Gasteiger partial charge in [-0.05, 0) is 48.5 Å². The monoisotopic (exact) mass is 436 g/mol. The molecule has 0 aliphatic carbocycles. The number of nitrogens with one attached hydrogen (secondary N) is 1. The highest BCUT2D eigenvalue weighted by molar-refractivity contribution is 9.10. The Morgan fingerprint density at radius 1 is 0.857 bits per heavy atom. The van der Waals surface area contributed by atoms with Gasteiger partial charge in [-0.2, -0.15) is 5.10 Å². The van der Waals surface area contributed by atoms with E-state index >= 15 is 0 Å². The van der Waals surface area contributed by atoms with Crippen molar-refractivity contribution in [3.63, 3.8) is 0 Å². The summed E-state index contributed by atoms with van der Waals surface area (Å²) in [5.74, 6) is 1.96. The lowest BCUT2D eigenvalue weighted by Gasteiger charge is -2.12. The van der Waals surface area contributed by atoms with E-state index in [0.717, 1.165) is 32.6 Å². The minimum atomic E-state index is 0.638. The summed E-state index contributed by atoms with van der Waals surface area (Å²) in [6, 6.07) is 15.4. The number of pyridine rings is 1. The number of hydrogen-bond acceptors (Lipinski definition) is 6. The van der Waals surface area contributed by atoms with Crippen LogP contribution < -0.4 is 14.9 Å². The Bertz CT molecular complexity index is 1080. The number of methoxy groups -OCH3 is 2. The minimum Gasteiger partial charge on any atom is -0.493 e. The molecule has 2 heterocycles. The van der Waals surface area contributed by atoms with Crippen LogP contribution in [-0.4, -0.2) is 30.8 Å².